The lowest BCUT2D eigenvalue weighted by Crippen LogP contribution is -2.21. The molecule has 1 aromatic heterocycles. The molecule has 2 rings (SSSR count). The van der Waals surface area contributed by atoms with E-state index in [9.17, 15) is 4.79 Å². The monoisotopic (exact) mass is 302 g/mol. The van der Waals surface area contributed by atoms with Gasteiger partial charge in [-0.25, -0.2) is 4.79 Å². The van der Waals surface area contributed by atoms with E-state index in [1.54, 1.807) is 30.3 Å². The lowest BCUT2D eigenvalue weighted by atomic mass is 10.2. The largest absolute Gasteiger partial charge is 0.486 e. The molecule has 0 aliphatic heterocycles. The van der Waals surface area contributed by atoms with Gasteiger partial charge >= 0.3 is 5.97 Å². The lowest BCUT2D eigenvalue weighted by molar-refractivity contribution is 0.0658. The number of aromatic carboxylic acids is 1. The first-order chi connectivity index (χ1) is 10.5. The second-order valence-electron chi connectivity index (χ2n) is 4.20. The summed E-state index contributed by atoms with van der Waals surface area (Å²) >= 11 is 0. The minimum absolute atomic E-state index is 0.113. The molecular formula is C14H14N4O4. The molecular weight excluding hydrogens is 288 g/mol. The maximum Gasteiger partial charge on any atom is 0.371 e. The number of benzene rings is 1. The summed E-state index contributed by atoms with van der Waals surface area (Å²) in [5.41, 5.74) is 11.1. The van der Waals surface area contributed by atoms with Gasteiger partial charge in [-0.05, 0) is 29.8 Å². The van der Waals surface area contributed by atoms with Crippen LogP contribution in [0.15, 0.2) is 51.0 Å². The Morgan fingerprint density at radius 2 is 2.14 bits per heavy atom. The molecule has 0 atom stereocenters. The van der Waals surface area contributed by atoms with Crippen LogP contribution < -0.4 is 16.2 Å². The van der Waals surface area contributed by atoms with E-state index in [2.05, 4.69) is 10.2 Å². The topological polar surface area (TPSA) is 136 Å². The Balaban J connectivity index is 1.99. The molecule has 0 aliphatic carbocycles. The maximum absolute atomic E-state index is 10.7. The highest BCUT2D eigenvalue weighted by Crippen LogP contribution is 2.15. The van der Waals surface area contributed by atoms with Gasteiger partial charge in [-0.3, -0.25) is 0 Å². The second-order valence-corrected chi connectivity index (χ2v) is 4.20. The Labute approximate surface area is 125 Å². The molecule has 1 heterocycles. The summed E-state index contributed by atoms with van der Waals surface area (Å²) in [6, 6.07) is 9.98. The third-order valence-corrected chi connectivity index (χ3v) is 2.49. The Kier molecular flexibility index (Phi) is 4.76. The van der Waals surface area contributed by atoms with Crippen LogP contribution >= 0.6 is 0 Å². The number of furan rings is 1. The summed E-state index contributed by atoms with van der Waals surface area (Å²) < 4.78 is 10.6. The van der Waals surface area contributed by atoms with Crippen molar-refractivity contribution in [2.45, 2.75) is 6.61 Å². The van der Waals surface area contributed by atoms with Crippen molar-refractivity contribution in [2.24, 2.45) is 21.7 Å². The van der Waals surface area contributed by atoms with E-state index in [0.717, 1.165) is 5.56 Å². The van der Waals surface area contributed by atoms with Crippen LogP contribution in [0.25, 0.3) is 0 Å². The smallest absolute Gasteiger partial charge is 0.371 e. The molecule has 0 radical (unpaired) electrons. The normalized spacial score (nSPS) is 10.5. The number of rotatable bonds is 6. The van der Waals surface area contributed by atoms with Crippen LogP contribution in [0.5, 0.6) is 5.75 Å². The number of carbonyl (C=O) groups is 1. The van der Waals surface area contributed by atoms with Crippen molar-refractivity contribution in [3.05, 3.63) is 53.5 Å². The van der Waals surface area contributed by atoms with Crippen LogP contribution in [0.4, 0.5) is 0 Å². The Hall–Kier alpha value is -3.29. The van der Waals surface area contributed by atoms with Gasteiger partial charge in [-0.2, -0.15) is 5.10 Å². The Bertz CT molecular complexity index is 717. The quantitative estimate of drug-likeness (QED) is 0.416. The fourth-order valence-electron chi connectivity index (χ4n) is 1.57. The van der Waals surface area contributed by atoms with E-state index in [4.69, 9.17) is 25.7 Å². The van der Waals surface area contributed by atoms with Crippen molar-refractivity contribution in [3.8, 4) is 5.75 Å². The number of ether oxygens (including phenoxy) is 1. The zero-order chi connectivity index (χ0) is 15.9. The van der Waals surface area contributed by atoms with Crippen LogP contribution in [0.2, 0.25) is 0 Å². The first-order valence-corrected chi connectivity index (χ1v) is 6.21. The second kappa shape index (κ2) is 6.93. The van der Waals surface area contributed by atoms with Gasteiger partial charge in [0.2, 0.25) is 11.7 Å². The first kappa shape index (κ1) is 15.1. The van der Waals surface area contributed by atoms with Crippen molar-refractivity contribution in [3.63, 3.8) is 0 Å². The van der Waals surface area contributed by atoms with Crippen molar-refractivity contribution in [1.82, 2.24) is 0 Å². The minimum Gasteiger partial charge on any atom is -0.486 e. The lowest BCUT2D eigenvalue weighted by Gasteiger charge is -2.04. The zero-order valence-electron chi connectivity index (χ0n) is 11.5. The van der Waals surface area contributed by atoms with Crippen LogP contribution in [0.3, 0.4) is 0 Å². The maximum atomic E-state index is 10.7. The summed E-state index contributed by atoms with van der Waals surface area (Å²) in [6.45, 7) is 0.113. The van der Waals surface area contributed by atoms with E-state index in [-0.39, 0.29) is 18.3 Å². The van der Waals surface area contributed by atoms with Gasteiger partial charge < -0.3 is 25.7 Å². The molecule has 0 fully saturated rings. The van der Waals surface area contributed by atoms with Crippen LogP contribution in [-0.4, -0.2) is 23.2 Å². The molecule has 22 heavy (non-hydrogen) atoms. The van der Waals surface area contributed by atoms with Gasteiger partial charge in [0.05, 0.1) is 6.21 Å². The molecule has 8 heteroatoms. The number of carboxylic acid groups (broad SMARTS) is 1. The number of hydrogen-bond acceptors (Lipinski definition) is 5. The predicted molar refractivity (Wildman–Crippen MR) is 79.8 cm³/mol. The summed E-state index contributed by atoms with van der Waals surface area (Å²) in [6.07, 6.45) is 1.47. The van der Waals surface area contributed by atoms with Gasteiger partial charge in [0.1, 0.15) is 18.1 Å². The number of guanidine groups is 1. The molecule has 1 aromatic carbocycles. The van der Waals surface area contributed by atoms with E-state index in [0.29, 0.717) is 11.5 Å². The SMILES string of the molecule is NC(N)=NN=Cc1cccc(OCc2ccc(C(=O)O)o2)c1. The van der Waals surface area contributed by atoms with Gasteiger partial charge in [0.15, 0.2) is 0 Å². The van der Waals surface area contributed by atoms with Gasteiger partial charge in [0, 0.05) is 0 Å². The van der Waals surface area contributed by atoms with E-state index in [1.807, 2.05) is 0 Å². The fraction of sp³-hybridized carbons (Fsp3) is 0.0714. The van der Waals surface area contributed by atoms with Gasteiger partial charge in [0.25, 0.3) is 0 Å². The third-order valence-electron chi connectivity index (χ3n) is 2.49. The summed E-state index contributed by atoms with van der Waals surface area (Å²) in [5, 5.41) is 16.0. The summed E-state index contributed by atoms with van der Waals surface area (Å²) in [7, 11) is 0. The molecule has 0 spiro atoms. The van der Waals surface area contributed by atoms with Crippen LogP contribution in [-0.2, 0) is 6.61 Å². The zero-order valence-corrected chi connectivity index (χ0v) is 11.5. The molecule has 0 saturated heterocycles. The highest BCUT2D eigenvalue weighted by molar-refractivity contribution is 5.84. The Morgan fingerprint density at radius 1 is 1.32 bits per heavy atom. The van der Waals surface area contributed by atoms with Crippen molar-refractivity contribution >= 4 is 18.1 Å². The Morgan fingerprint density at radius 3 is 2.82 bits per heavy atom. The van der Waals surface area contributed by atoms with Crippen molar-refractivity contribution in [1.29, 1.82) is 0 Å². The molecule has 0 amide bonds. The standard InChI is InChI=1S/C14H14N4O4/c15-14(16)18-17-7-9-2-1-3-10(6-9)21-8-11-4-5-12(22-11)13(19)20/h1-7H,8H2,(H,19,20)(H4,15,16,18). The molecule has 0 unspecified atom stereocenters. The molecule has 8 nitrogen and oxygen atoms in total. The van der Waals surface area contributed by atoms with Crippen molar-refractivity contribution < 1.29 is 19.1 Å². The van der Waals surface area contributed by atoms with Crippen LogP contribution in [0.1, 0.15) is 21.9 Å². The molecule has 5 N–H and O–H groups in total. The molecule has 0 aliphatic rings. The van der Waals surface area contributed by atoms with E-state index >= 15 is 0 Å². The third kappa shape index (κ3) is 4.37. The average molecular weight is 302 g/mol. The highest BCUT2D eigenvalue weighted by Gasteiger charge is 2.09. The summed E-state index contributed by atoms with van der Waals surface area (Å²) in [5.74, 6) is -0.393. The molecule has 2 aromatic rings. The number of nitrogens with zero attached hydrogens (tertiary/aromatic N) is 2. The minimum atomic E-state index is -1.12. The fourth-order valence-corrected chi connectivity index (χ4v) is 1.57. The summed E-state index contributed by atoms with van der Waals surface area (Å²) in [4.78, 5) is 10.7. The predicted octanol–water partition coefficient (Wildman–Crippen LogP) is 1.16. The van der Waals surface area contributed by atoms with Crippen molar-refractivity contribution in [2.75, 3.05) is 0 Å². The van der Waals surface area contributed by atoms with Gasteiger partial charge in [-0.1, -0.05) is 12.1 Å². The van der Waals surface area contributed by atoms with E-state index in [1.165, 1.54) is 12.3 Å². The molecule has 0 saturated carbocycles. The highest BCUT2D eigenvalue weighted by atomic mass is 16.5. The number of carboxylic acids is 1. The molecule has 0 bridgehead atoms. The number of hydrogen-bond donors (Lipinski definition) is 3. The van der Waals surface area contributed by atoms with Crippen LogP contribution in [0, 0.1) is 0 Å². The van der Waals surface area contributed by atoms with E-state index < -0.39 is 5.97 Å². The average Bonchev–Trinajstić information content (AvgIpc) is 2.94. The molecule has 114 valence electrons. The number of nitrogens with two attached hydrogens (primary N) is 2. The van der Waals surface area contributed by atoms with Gasteiger partial charge in [-0.15, -0.1) is 5.10 Å². The first-order valence-electron chi connectivity index (χ1n) is 6.21.